The number of nitrogens with zero attached hydrogens (tertiary/aromatic N) is 1. The van der Waals surface area contributed by atoms with Gasteiger partial charge in [0.15, 0.2) is 0 Å². The zero-order valence-corrected chi connectivity index (χ0v) is 10.6. The molecular weight excluding hydrogens is 250 g/mol. The summed E-state index contributed by atoms with van der Waals surface area (Å²) in [5.41, 5.74) is 1.63. The summed E-state index contributed by atoms with van der Waals surface area (Å²) in [7, 11) is 0. The van der Waals surface area contributed by atoms with Gasteiger partial charge < -0.3 is 5.11 Å². The van der Waals surface area contributed by atoms with Crippen LogP contribution in [-0.4, -0.2) is 16.3 Å². The molecule has 0 bridgehead atoms. The zero-order chi connectivity index (χ0) is 13.0. The maximum Gasteiger partial charge on any atom is 0.252 e. The van der Waals surface area contributed by atoms with E-state index in [-0.39, 0.29) is 12.2 Å². The minimum absolute atomic E-state index is 0.0448. The lowest BCUT2D eigenvalue weighted by atomic mass is 10.1. The minimum Gasteiger partial charge on any atom is -0.396 e. The van der Waals surface area contributed by atoms with Gasteiger partial charge in [-0.3, -0.25) is 9.36 Å². The van der Waals surface area contributed by atoms with Gasteiger partial charge in [-0.05, 0) is 23.6 Å². The second-order valence-corrected chi connectivity index (χ2v) is 4.39. The summed E-state index contributed by atoms with van der Waals surface area (Å²) in [6, 6.07) is 13.0. The van der Waals surface area contributed by atoms with Crippen LogP contribution < -0.4 is 5.56 Å². The molecule has 1 aromatic carbocycles. The number of hydrogen-bond donors (Lipinski definition) is 1. The van der Waals surface area contributed by atoms with Crippen molar-refractivity contribution in [1.29, 1.82) is 0 Å². The van der Waals surface area contributed by atoms with Gasteiger partial charge in [0.2, 0.25) is 0 Å². The summed E-state index contributed by atoms with van der Waals surface area (Å²) in [6.07, 6.45) is 0.518. The van der Waals surface area contributed by atoms with Crippen LogP contribution in [0.2, 0.25) is 5.15 Å². The topological polar surface area (TPSA) is 42.2 Å². The van der Waals surface area contributed by atoms with Crippen LogP contribution in [0.1, 0.15) is 6.42 Å². The van der Waals surface area contributed by atoms with Gasteiger partial charge >= 0.3 is 0 Å². The first-order valence-electron chi connectivity index (χ1n) is 5.79. The fraction of sp³-hybridized carbons (Fsp3) is 0.214. The normalized spacial score (nSPS) is 10.6. The third kappa shape index (κ3) is 2.81. The van der Waals surface area contributed by atoms with Crippen LogP contribution in [-0.2, 0) is 6.54 Å². The van der Waals surface area contributed by atoms with Crippen molar-refractivity contribution < 1.29 is 5.11 Å². The number of hydrogen-bond acceptors (Lipinski definition) is 2. The minimum atomic E-state index is -0.144. The molecule has 2 rings (SSSR count). The Morgan fingerprint density at radius 2 is 1.83 bits per heavy atom. The van der Waals surface area contributed by atoms with Gasteiger partial charge in [-0.1, -0.05) is 41.9 Å². The number of aromatic nitrogens is 1. The summed E-state index contributed by atoms with van der Waals surface area (Å²) in [5.74, 6) is 0. The Kier molecular flexibility index (Phi) is 4.18. The van der Waals surface area contributed by atoms with E-state index in [1.165, 1.54) is 4.57 Å². The highest BCUT2D eigenvalue weighted by Crippen LogP contribution is 2.20. The predicted octanol–water partition coefficient (Wildman–Crippen LogP) is 2.55. The lowest BCUT2D eigenvalue weighted by molar-refractivity contribution is 0.279. The molecule has 18 heavy (non-hydrogen) atoms. The second kappa shape index (κ2) is 5.85. The van der Waals surface area contributed by atoms with Crippen molar-refractivity contribution in [3.63, 3.8) is 0 Å². The third-order valence-electron chi connectivity index (χ3n) is 2.72. The Morgan fingerprint density at radius 3 is 2.44 bits per heavy atom. The van der Waals surface area contributed by atoms with Crippen molar-refractivity contribution in [2.24, 2.45) is 0 Å². The first-order chi connectivity index (χ1) is 8.72. The second-order valence-electron chi connectivity index (χ2n) is 4.00. The SMILES string of the molecule is O=c1cc(-c2ccccc2)cc(Cl)n1CCCO. The highest BCUT2D eigenvalue weighted by atomic mass is 35.5. The summed E-state index contributed by atoms with van der Waals surface area (Å²) < 4.78 is 1.46. The van der Waals surface area contributed by atoms with Crippen LogP contribution >= 0.6 is 11.6 Å². The maximum atomic E-state index is 11.9. The molecule has 0 saturated heterocycles. The van der Waals surface area contributed by atoms with Gasteiger partial charge in [-0.15, -0.1) is 0 Å². The Bertz CT molecular complexity index is 578. The Hall–Kier alpha value is -1.58. The Morgan fingerprint density at radius 1 is 1.11 bits per heavy atom. The standard InChI is InChI=1S/C14H14ClNO2/c15-13-9-12(11-5-2-1-3-6-11)10-14(18)16(13)7-4-8-17/h1-3,5-6,9-10,17H,4,7-8H2. The van der Waals surface area contributed by atoms with E-state index in [1.54, 1.807) is 12.1 Å². The van der Waals surface area contributed by atoms with Crippen LogP contribution in [0.15, 0.2) is 47.3 Å². The highest BCUT2D eigenvalue weighted by Gasteiger charge is 2.06. The van der Waals surface area contributed by atoms with Gasteiger partial charge in [0, 0.05) is 19.2 Å². The Balaban J connectivity index is 2.40. The van der Waals surface area contributed by atoms with Crippen molar-refractivity contribution >= 4 is 11.6 Å². The number of pyridine rings is 1. The third-order valence-corrected chi connectivity index (χ3v) is 3.04. The van der Waals surface area contributed by atoms with E-state index in [0.717, 1.165) is 11.1 Å². The van der Waals surface area contributed by atoms with Crippen LogP contribution in [0, 0.1) is 0 Å². The highest BCUT2D eigenvalue weighted by molar-refractivity contribution is 6.29. The average Bonchev–Trinajstić information content (AvgIpc) is 2.39. The van der Waals surface area contributed by atoms with Gasteiger partial charge in [0.05, 0.1) is 0 Å². The van der Waals surface area contributed by atoms with E-state index >= 15 is 0 Å². The summed E-state index contributed by atoms with van der Waals surface area (Å²) in [5, 5.41) is 9.18. The van der Waals surface area contributed by atoms with Crippen LogP contribution in [0.3, 0.4) is 0 Å². The van der Waals surface area contributed by atoms with Gasteiger partial charge in [0.25, 0.3) is 5.56 Å². The summed E-state index contributed by atoms with van der Waals surface area (Å²) in [4.78, 5) is 11.9. The molecule has 0 spiro atoms. The maximum absolute atomic E-state index is 11.9. The molecule has 0 saturated carbocycles. The molecule has 94 valence electrons. The van der Waals surface area contributed by atoms with Crippen molar-refractivity contribution in [2.75, 3.05) is 6.61 Å². The quantitative estimate of drug-likeness (QED) is 0.862. The van der Waals surface area contributed by atoms with E-state index in [1.807, 2.05) is 30.3 Å². The van der Waals surface area contributed by atoms with Gasteiger partial charge in [-0.25, -0.2) is 0 Å². The summed E-state index contributed by atoms with van der Waals surface area (Å²) >= 11 is 6.10. The molecule has 0 aliphatic rings. The van der Waals surface area contributed by atoms with E-state index in [9.17, 15) is 4.79 Å². The number of benzene rings is 1. The molecule has 0 unspecified atom stereocenters. The molecular formula is C14H14ClNO2. The average molecular weight is 264 g/mol. The monoisotopic (exact) mass is 263 g/mol. The molecule has 3 nitrogen and oxygen atoms in total. The number of rotatable bonds is 4. The van der Waals surface area contributed by atoms with Crippen LogP contribution in [0.25, 0.3) is 11.1 Å². The largest absolute Gasteiger partial charge is 0.396 e. The molecule has 4 heteroatoms. The Labute approximate surface area is 110 Å². The fourth-order valence-corrected chi connectivity index (χ4v) is 2.09. The smallest absolute Gasteiger partial charge is 0.252 e. The van der Waals surface area contributed by atoms with Crippen molar-refractivity contribution in [2.45, 2.75) is 13.0 Å². The van der Waals surface area contributed by atoms with Crippen molar-refractivity contribution in [3.8, 4) is 11.1 Å². The van der Waals surface area contributed by atoms with Crippen LogP contribution in [0.5, 0.6) is 0 Å². The van der Waals surface area contributed by atoms with Gasteiger partial charge in [-0.2, -0.15) is 0 Å². The molecule has 2 aromatic rings. The molecule has 0 fully saturated rings. The number of aliphatic hydroxyl groups is 1. The van der Waals surface area contributed by atoms with Crippen molar-refractivity contribution in [3.05, 3.63) is 58.0 Å². The molecule has 1 aromatic heterocycles. The first kappa shape index (κ1) is 12.9. The van der Waals surface area contributed by atoms with E-state index in [4.69, 9.17) is 16.7 Å². The summed E-state index contributed by atoms with van der Waals surface area (Å²) in [6.45, 7) is 0.479. The zero-order valence-electron chi connectivity index (χ0n) is 9.84. The van der Waals surface area contributed by atoms with Gasteiger partial charge in [0.1, 0.15) is 5.15 Å². The molecule has 1 N–H and O–H groups in total. The van der Waals surface area contributed by atoms with Crippen LogP contribution in [0.4, 0.5) is 0 Å². The first-order valence-corrected chi connectivity index (χ1v) is 6.17. The van der Waals surface area contributed by atoms with E-state index in [0.29, 0.717) is 18.1 Å². The number of halogens is 1. The van der Waals surface area contributed by atoms with E-state index in [2.05, 4.69) is 0 Å². The predicted molar refractivity (Wildman–Crippen MR) is 72.9 cm³/mol. The molecule has 0 atom stereocenters. The lowest BCUT2D eigenvalue weighted by Crippen LogP contribution is -2.20. The fourth-order valence-electron chi connectivity index (χ4n) is 1.81. The van der Waals surface area contributed by atoms with E-state index < -0.39 is 0 Å². The molecule has 0 aliphatic carbocycles. The van der Waals surface area contributed by atoms with Crippen molar-refractivity contribution in [1.82, 2.24) is 4.57 Å². The molecule has 0 aliphatic heterocycles. The molecule has 0 amide bonds. The number of aliphatic hydroxyl groups excluding tert-OH is 1. The molecule has 0 radical (unpaired) electrons. The molecule has 1 heterocycles. The lowest BCUT2D eigenvalue weighted by Gasteiger charge is -2.09.